The molecule has 1 aromatic rings. The predicted octanol–water partition coefficient (Wildman–Crippen LogP) is 1.61. The summed E-state index contributed by atoms with van der Waals surface area (Å²) in [4.78, 5) is 12.1. The van der Waals surface area contributed by atoms with Gasteiger partial charge in [-0.1, -0.05) is 6.42 Å². The molecule has 0 radical (unpaired) electrons. The van der Waals surface area contributed by atoms with Crippen molar-refractivity contribution in [1.29, 1.82) is 0 Å². The van der Waals surface area contributed by atoms with Crippen LogP contribution in [0.4, 0.5) is 8.78 Å². The lowest BCUT2D eigenvalue weighted by Crippen LogP contribution is -2.41. The molecule has 3 rings (SSSR count). The summed E-state index contributed by atoms with van der Waals surface area (Å²) in [5.41, 5.74) is -0.982. The number of rotatable bonds is 4. The minimum Gasteiger partial charge on any atom is -0.268 e. The zero-order chi connectivity index (χ0) is 16.1. The molecule has 1 unspecified atom stereocenters. The molecule has 0 saturated heterocycles. The van der Waals surface area contributed by atoms with Gasteiger partial charge in [0.1, 0.15) is 5.69 Å². The molecule has 2 fully saturated rings. The normalized spacial score (nSPS) is 27.5. The molecule has 1 aromatic heterocycles. The first-order valence-corrected chi connectivity index (χ1v) is 8.70. The lowest BCUT2D eigenvalue weighted by molar-refractivity contribution is 0.0963. The average Bonchev–Trinajstić information content (AvgIpc) is 3.11. The van der Waals surface area contributed by atoms with Crippen molar-refractivity contribution in [1.82, 2.24) is 14.5 Å². The van der Waals surface area contributed by atoms with Crippen molar-refractivity contribution in [3.8, 4) is 0 Å². The van der Waals surface area contributed by atoms with Gasteiger partial charge < -0.3 is 0 Å². The number of sulfonamides is 1. The zero-order valence-corrected chi connectivity index (χ0v) is 12.8. The van der Waals surface area contributed by atoms with Crippen LogP contribution in [-0.4, -0.2) is 29.4 Å². The summed E-state index contributed by atoms with van der Waals surface area (Å²) in [6, 6.07) is 0. The Kier molecular flexibility index (Phi) is 3.70. The van der Waals surface area contributed by atoms with Gasteiger partial charge in [0.2, 0.25) is 10.0 Å². The maximum Gasteiger partial charge on any atom is 0.280 e. The van der Waals surface area contributed by atoms with Crippen molar-refractivity contribution in [2.45, 2.75) is 37.4 Å². The lowest BCUT2D eigenvalue weighted by Gasteiger charge is -2.21. The SMILES string of the molecule is Cn1ncc(C(=O)NS(=O)(=O)C2C[C@@H]3CC[C@H]2C3)c1C(F)F. The zero-order valence-electron chi connectivity index (χ0n) is 12.0. The summed E-state index contributed by atoms with van der Waals surface area (Å²) in [7, 11) is -2.57. The van der Waals surface area contributed by atoms with Crippen molar-refractivity contribution in [3.05, 3.63) is 17.5 Å². The van der Waals surface area contributed by atoms with E-state index in [9.17, 15) is 22.0 Å². The highest BCUT2D eigenvalue weighted by atomic mass is 32.2. The Labute approximate surface area is 126 Å². The lowest BCUT2D eigenvalue weighted by atomic mass is 10.0. The monoisotopic (exact) mass is 333 g/mol. The predicted molar refractivity (Wildman–Crippen MR) is 73.8 cm³/mol. The Morgan fingerprint density at radius 3 is 2.68 bits per heavy atom. The smallest absolute Gasteiger partial charge is 0.268 e. The van der Waals surface area contributed by atoms with Gasteiger partial charge in [-0.3, -0.25) is 9.48 Å². The molecule has 22 heavy (non-hydrogen) atoms. The molecule has 2 aliphatic rings. The highest BCUT2D eigenvalue weighted by Gasteiger charge is 2.46. The van der Waals surface area contributed by atoms with Crippen molar-refractivity contribution in [3.63, 3.8) is 0 Å². The van der Waals surface area contributed by atoms with E-state index in [-0.39, 0.29) is 5.92 Å². The molecule has 3 atom stereocenters. The third-order valence-corrected chi connectivity index (χ3v) is 6.59. The minimum atomic E-state index is -3.85. The highest BCUT2D eigenvalue weighted by molar-refractivity contribution is 7.90. The van der Waals surface area contributed by atoms with Gasteiger partial charge in [0.15, 0.2) is 0 Å². The number of aromatic nitrogens is 2. The van der Waals surface area contributed by atoms with Crippen LogP contribution in [0.1, 0.15) is 48.2 Å². The quantitative estimate of drug-likeness (QED) is 0.907. The topological polar surface area (TPSA) is 81.1 Å². The first kappa shape index (κ1) is 15.4. The van der Waals surface area contributed by atoms with Gasteiger partial charge in [-0.2, -0.15) is 5.10 Å². The number of fused-ring (bicyclic) bond motifs is 2. The van der Waals surface area contributed by atoms with Gasteiger partial charge in [0, 0.05) is 7.05 Å². The number of hydrogen-bond donors (Lipinski definition) is 1. The van der Waals surface area contributed by atoms with Crippen molar-refractivity contribution in [2.75, 3.05) is 0 Å². The molecule has 2 bridgehead atoms. The fraction of sp³-hybridized carbons (Fsp3) is 0.692. The number of halogens is 2. The molecule has 9 heteroatoms. The highest BCUT2D eigenvalue weighted by Crippen LogP contribution is 2.47. The molecule has 2 saturated carbocycles. The number of amides is 1. The summed E-state index contributed by atoms with van der Waals surface area (Å²) in [5, 5.41) is 3.01. The van der Waals surface area contributed by atoms with E-state index in [4.69, 9.17) is 0 Å². The Bertz CT molecular complexity index is 701. The Balaban J connectivity index is 1.80. The second-order valence-electron chi connectivity index (χ2n) is 6.06. The molecule has 0 aliphatic heterocycles. The average molecular weight is 333 g/mol. The summed E-state index contributed by atoms with van der Waals surface area (Å²) in [6.07, 6.45) is 1.35. The van der Waals surface area contributed by atoms with Gasteiger partial charge in [0.25, 0.3) is 12.3 Å². The Morgan fingerprint density at radius 2 is 2.14 bits per heavy atom. The van der Waals surface area contributed by atoms with Gasteiger partial charge in [0.05, 0.1) is 17.0 Å². The van der Waals surface area contributed by atoms with Crippen LogP contribution in [0.5, 0.6) is 0 Å². The molecule has 1 amide bonds. The Morgan fingerprint density at radius 1 is 1.41 bits per heavy atom. The third-order valence-electron chi connectivity index (χ3n) is 4.74. The second kappa shape index (κ2) is 5.29. The third kappa shape index (κ3) is 2.51. The van der Waals surface area contributed by atoms with Gasteiger partial charge in [-0.15, -0.1) is 0 Å². The molecule has 2 aliphatic carbocycles. The first-order chi connectivity index (χ1) is 10.3. The van der Waals surface area contributed by atoms with Crippen LogP contribution in [-0.2, 0) is 17.1 Å². The van der Waals surface area contributed by atoms with Crippen molar-refractivity contribution in [2.24, 2.45) is 18.9 Å². The Hall–Kier alpha value is -1.51. The van der Waals surface area contributed by atoms with Gasteiger partial charge in [-0.05, 0) is 31.1 Å². The fourth-order valence-electron chi connectivity index (χ4n) is 3.71. The minimum absolute atomic E-state index is 0.0683. The molecule has 0 aromatic carbocycles. The van der Waals surface area contributed by atoms with Crippen LogP contribution in [0.2, 0.25) is 0 Å². The van der Waals surface area contributed by atoms with Gasteiger partial charge >= 0.3 is 0 Å². The number of nitrogens with zero attached hydrogens (tertiary/aromatic N) is 2. The summed E-state index contributed by atoms with van der Waals surface area (Å²) in [5.74, 6) is -0.568. The number of nitrogens with one attached hydrogen (secondary N) is 1. The molecule has 0 spiro atoms. The van der Waals surface area contributed by atoms with E-state index in [0.717, 1.165) is 30.1 Å². The number of carbonyl (C=O) groups excluding carboxylic acids is 1. The van der Waals surface area contributed by atoms with E-state index in [1.165, 1.54) is 7.05 Å². The summed E-state index contributed by atoms with van der Waals surface area (Å²) >= 11 is 0. The fourth-order valence-corrected chi connectivity index (χ4v) is 5.51. The van der Waals surface area contributed by atoms with E-state index < -0.39 is 38.9 Å². The molecule has 1 heterocycles. The molecular formula is C13H17F2N3O3S. The van der Waals surface area contributed by atoms with Crippen LogP contribution < -0.4 is 4.72 Å². The molecule has 6 nitrogen and oxygen atoms in total. The summed E-state index contributed by atoms with van der Waals surface area (Å²) in [6.45, 7) is 0. The number of hydrogen-bond acceptors (Lipinski definition) is 4. The van der Waals surface area contributed by atoms with E-state index in [0.29, 0.717) is 12.3 Å². The van der Waals surface area contributed by atoms with Crippen LogP contribution in [0, 0.1) is 11.8 Å². The van der Waals surface area contributed by atoms with E-state index in [2.05, 4.69) is 5.10 Å². The maximum absolute atomic E-state index is 12.9. The first-order valence-electron chi connectivity index (χ1n) is 7.15. The van der Waals surface area contributed by atoms with E-state index in [1.807, 2.05) is 4.72 Å². The largest absolute Gasteiger partial charge is 0.280 e. The number of alkyl halides is 2. The van der Waals surface area contributed by atoms with Crippen LogP contribution in [0.3, 0.4) is 0 Å². The van der Waals surface area contributed by atoms with E-state index in [1.54, 1.807) is 0 Å². The number of carbonyl (C=O) groups is 1. The molecule has 1 N–H and O–H groups in total. The summed E-state index contributed by atoms with van der Waals surface area (Å²) < 4.78 is 53.4. The van der Waals surface area contributed by atoms with Crippen LogP contribution >= 0.6 is 0 Å². The van der Waals surface area contributed by atoms with Crippen molar-refractivity contribution < 1.29 is 22.0 Å². The van der Waals surface area contributed by atoms with Crippen molar-refractivity contribution >= 4 is 15.9 Å². The van der Waals surface area contributed by atoms with E-state index >= 15 is 0 Å². The van der Waals surface area contributed by atoms with Crippen LogP contribution in [0.15, 0.2) is 6.20 Å². The van der Waals surface area contributed by atoms with Gasteiger partial charge in [-0.25, -0.2) is 21.9 Å². The van der Waals surface area contributed by atoms with Crippen LogP contribution in [0.25, 0.3) is 0 Å². The standard InChI is InChI=1S/C13H17F2N3O3S/c1-18-11(12(14)15)9(6-16-18)13(19)17-22(20,21)10-5-7-2-3-8(10)4-7/h6-8,10,12H,2-5H2,1H3,(H,17,19)/t7-,8+,10?/m1/s1. The molecular weight excluding hydrogens is 316 g/mol. The number of aryl methyl sites for hydroxylation is 1. The second-order valence-corrected chi connectivity index (χ2v) is 7.96. The molecule has 122 valence electrons. The maximum atomic E-state index is 12.9.